The number of aryl methyl sites for hydroxylation is 2. The van der Waals surface area contributed by atoms with E-state index in [1.54, 1.807) is 0 Å². The lowest BCUT2D eigenvalue weighted by atomic mass is 9.87. The van der Waals surface area contributed by atoms with Crippen LogP contribution in [-0.4, -0.2) is 0 Å². The highest BCUT2D eigenvalue weighted by molar-refractivity contribution is 5.33. The van der Waals surface area contributed by atoms with Crippen LogP contribution in [0.4, 0.5) is 0 Å². The average Bonchev–Trinajstić information content (AvgIpc) is 2.48. The molecule has 0 bridgehead atoms. The van der Waals surface area contributed by atoms with Crippen LogP contribution in [0.2, 0.25) is 0 Å². The number of nitrogens with one attached hydrogen (secondary N) is 1. The summed E-state index contributed by atoms with van der Waals surface area (Å²) in [4.78, 5) is 0. The van der Waals surface area contributed by atoms with Crippen LogP contribution in [0.1, 0.15) is 54.1 Å². The highest BCUT2D eigenvalue weighted by Crippen LogP contribution is 2.31. The van der Waals surface area contributed by atoms with E-state index in [0.29, 0.717) is 12.1 Å². The molecule has 0 amide bonds. The second-order valence-corrected chi connectivity index (χ2v) is 5.94. The molecule has 104 valence electrons. The third kappa shape index (κ3) is 2.78. The molecule has 0 saturated carbocycles. The van der Waals surface area contributed by atoms with Crippen LogP contribution >= 0.6 is 0 Å². The molecule has 1 N–H and O–H groups in total. The maximum Gasteiger partial charge on any atom is 0.0328 e. The number of rotatable bonds is 3. The van der Waals surface area contributed by atoms with Crippen LogP contribution in [0.5, 0.6) is 0 Å². The lowest BCUT2D eigenvalue weighted by Crippen LogP contribution is -2.27. The van der Waals surface area contributed by atoms with Gasteiger partial charge in [-0.15, -0.1) is 0 Å². The first-order valence-electron chi connectivity index (χ1n) is 7.64. The van der Waals surface area contributed by atoms with E-state index in [-0.39, 0.29) is 0 Å². The molecule has 1 unspecified atom stereocenters. The Morgan fingerprint density at radius 2 is 1.80 bits per heavy atom. The van der Waals surface area contributed by atoms with Gasteiger partial charge in [0.2, 0.25) is 0 Å². The summed E-state index contributed by atoms with van der Waals surface area (Å²) < 4.78 is 0. The normalized spacial score (nSPS) is 19.4. The third-order valence-corrected chi connectivity index (χ3v) is 4.40. The molecule has 2 aromatic carbocycles. The summed E-state index contributed by atoms with van der Waals surface area (Å²) in [6.07, 6.45) is 3.76. The fourth-order valence-corrected chi connectivity index (χ4v) is 3.18. The lowest BCUT2D eigenvalue weighted by molar-refractivity contribution is 0.415. The largest absolute Gasteiger partial charge is 0.303 e. The fraction of sp³-hybridized carbons (Fsp3) is 0.368. The Kier molecular flexibility index (Phi) is 3.88. The summed E-state index contributed by atoms with van der Waals surface area (Å²) >= 11 is 0. The molecule has 2 aromatic rings. The Morgan fingerprint density at radius 1 is 1.05 bits per heavy atom. The number of fused-ring (bicyclic) bond motifs is 1. The molecular formula is C19H23N. The molecule has 1 aliphatic rings. The Bertz CT molecular complexity index is 571. The van der Waals surface area contributed by atoms with Crippen molar-refractivity contribution in [1.29, 1.82) is 0 Å². The van der Waals surface area contributed by atoms with Gasteiger partial charge < -0.3 is 5.32 Å². The Morgan fingerprint density at radius 3 is 2.60 bits per heavy atom. The molecule has 0 fully saturated rings. The van der Waals surface area contributed by atoms with Gasteiger partial charge in [0.15, 0.2) is 0 Å². The van der Waals surface area contributed by atoms with Crippen molar-refractivity contribution in [3.05, 3.63) is 70.8 Å². The third-order valence-electron chi connectivity index (χ3n) is 4.40. The van der Waals surface area contributed by atoms with E-state index in [4.69, 9.17) is 0 Å². The molecule has 0 spiro atoms. The molecule has 2 atom stereocenters. The summed E-state index contributed by atoms with van der Waals surface area (Å²) in [5.41, 5.74) is 5.72. The highest BCUT2D eigenvalue weighted by atomic mass is 14.9. The molecule has 0 saturated heterocycles. The molecule has 0 aliphatic heterocycles. The van der Waals surface area contributed by atoms with Crippen molar-refractivity contribution < 1.29 is 0 Å². The average molecular weight is 265 g/mol. The first-order chi connectivity index (χ1) is 9.74. The molecular weight excluding hydrogens is 242 g/mol. The van der Waals surface area contributed by atoms with Gasteiger partial charge in [0.25, 0.3) is 0 Å². The van der Waals surface area contributed by atoms with E-state index in [2.05, 4.69) is 67.7 Å². The number of hydrogen-bond acceptors (Lipinski definition) is 1. The predicted molar refractivity (Wildman–Crippen MR) is 84.9 cm³/mol. The first kappa shape index (κ1) is 13.4. The van der Waals surface area contributed by atoms with Crippen LogP contribution in [0, 0.1) is 6.92 Å². The topological polar surface area (TPSA) is 12.0 Å². The standard InChI is InChI=1S/C19H23N/c1-14-10-12-16(13-11-14)15(2)20-19-9-5-7-17-6-3-4-8-18(17)19/h3-4,6,8,10-13,15,19-20H,5,7,9H2,1-2H3/t15-,19?/m0/s1. The molecule has 0 heterocycles. The van der Waals surface area contributed by atoms with Gasteiger partial charge in [-0.1, -0.05) is 54.1 Å². The van der Waals surface area contributed by atoms with E-state index in [9.17, 15) is 0 Å². The summed E-state index contributed by atoms with van der Waals surface area (Å²) in [6.45, 7) is 4.40. The van der Waals surface area contributed by atoms with Gasteiger partial charge in [-0.05, 0) is 49.8 Å². The van der Waals surface area contributed by atoms with E-state index in [1.165, 1.54) is 41.5 Å². The van der Waals surface area contributed by atoms with Crippen molar-refractivity contribution in [2.75, 3.05) is 0 Å². The van der Waals surface area contributed by atoms with Crippen LogP contribution in [0.3, 0.4) is 0 Å². The number of benzene rings is 2. The van der Waals surface area contributed by atoms with Gasteiger partial charge in [-0.2, -0.15) is 0 Å². The predicted octanol–water partition coefficient (Wildman–Crippen LogP) is 4.72. The van der Waals surface area contributed by atoms with Gasteiger partial charge in [0.05, 0.1) is 0 Å². The Hall–Kier alpha value is -1.60. The second-order valence-electron chi connectivity index (χ2n) is 5.94. The second kappa shape index (κ2) is 5.80. The van der Waals surface area contributed by atoms with Crippen molar-refractivity contribution in [3.8, 4) is 0 Å². The van der Waals surface area contributed by atoms with E-state index >= 15 is 0 Å². The summed E-state index contributed by atoms with van der Waals surface area (Å²) in [6, 6.07) is 18.6. The van der Waals surface area contributed by atoms with Gasteiger partial charge in [0, 0.05) is 12.1 Å². The first-order valence-corrected chi connectivity index (χ1v) is 7.64. The van der Waals surface area contributed by atoms with Gasteiger partial charge in [-0.25, -0.2) is 0 Å². The SMILES string of the molecule is Cc1ccc([C@H](C)NC2CCCc3ccccc32)cc1. The van der Waals surface area contributed by atoms with Crippen molar-refractivity contribution in [2.24, 2.45) is 0 Å². The van der Waals surface area contributed by atoms with Crippen LogP contribution < -0.4 is 5.32 Å². The summed E-state index contributed by atoms with van der Waals surface area (Å²) in [5.74, 6) is 0. The molecule has 1 heteroatoms. The van der Waals surface area contributed by atoms with Crippen LogP contribution in [0.25, 0.3) is 0 Å². The van der Waals surface area contributed by atoms with Gasteiger partial charge >= 0.3 is 0 Å². The molecule has 1 nitrogen and oxygen atoms in total. The Balaban J connectivity index is 1.77. The zero-order valence-electron chi connectivity index (χ0n) is 12.4. The quantitative estimate of drug-likeness (QED) is 0.846. The molecule has 0 radical (unpaired) electrons. The van der Waals surface area contributed by atoms with Crippen LogP contribution in [-0.2, 0) is 6.42 Å². The Labute approximate surface area is 122 Å². The highest BCUT2D eigenvalue weighted by Gasteiger charge is 2.21. The van der Waals surface area contributed by atoms with E-state index < -0.39 is 0 Å². The fourth-order valence-electron chi connectivity index (χ4n) is 3.18. The molecule has 3 rings (SSSR count). The van der Waals surface area contributed by atoms with Gasteiger partial charge in [0.1, 0.15) is 0 Å². The summed E-state index contributed by atoms with van der Waals surface area (Å²) in [7, 11) is 0. The van der Waals surface area contributed by atoms with Crippen molar-refractivity contribution in [1.82, 2.24) is 5.32 Å². The maximum absolute atomic E-state index is 3.81. The van der Waals surface area contributed by atoms with Crippen molar-refractivity contribution in [3.63, 3.8) is 0 Å². The zero-order valence-corrected chi connectivity index (χ0v) is 12.4. The van der Waals surface area contributed by atoms with E-state index in [1.807, 2.05) is 0 Å². The zero-order chi connectivity index (χ0) is 13.9. The minimum absolute atomic E-state index is 0.395. The monoisotopic (exact) mass is 265 g/mol. The maximum atomic E-state index is 3.81. The number of hydrogen-bond donors (Lipinski definition) is 1. The van der Waals surface area contributed by atoms with Crippen molar-refractivity contribution >= 4 is 0 Å². The molecule has 0 aromatic heterocycles. The van der Waals surface area contributed by atoms with Gasteiger partial charge in [-0.3, -0.25) is 0 Å². The minimum atomic E-state index is 0.395. The van der Waals surface area contributed by atoms with Crippen molar-refractivity contribution in [2.45, 2.75) is 45.2 Å². The molecule has 20 heavy (non-hydrogen) atoms. The lowest BCUT2D eigenvalue weighted by Gasteiger charge is -2.29. The summed E-state index contributed by atoms with van der Waals surface area (Å²) in [5, 5.41) is 3.81. The van der Waals surface area contributed by atoms with E-state index in [0.717, 1.165) is 0 Å². The molecule has 1 aliphatic carbocycles. The minimum Gasteiger partial charge on any atom is -0.303 e. The van der Waals surface area contributed by atoms with Crippen LogP contribution in [0.15, 0.2) is 48.5 Å². The smallest absolute Gasteiger partial charge is 0.0328 e.